The first kappa shape index (κ1) is 7.95. The van der Waals surface area contributed by atoms with Crippen molar-refractivity contribution in [2.24, 2.45) is 0 Å². The molecule has 2 rings (SSSR count). The molecule has 0 amide bonds. The highest BCUT2D eigenvalue weighted by molar-refractivity contribution is 9.10. The van der Waals surface area contributed by atoms with Crippen LogP contribution >= 0.6 is 27.3 Å². The molecule has 0 aliphatic carbocycles. The first-order chi connectivity index (χ1) is 5.83. The lowest BCUT2D eigenvalue weighted by atomic mass is 10.2. The van der Waals surface area contributed by atoms with Gasteiger partial charge < -0.3 is 0 Å². The lowest BCUT2D eigenvalue weighted by Crippen LogP contribution is -1.75. The summed E-state index contributed by atoms with van der Waals surface area (Å²) in [7, 11) is 0. The number of rotatable bonds is 1. The van der Waals surface area contributed by atoms with Crippen molar-refractivity contribution in [3.8, 4) is 0 Å². The van der Waals surface area contributed by atoms with Gasteiger partial charge in [0, 0.05) is 25.5 Å². The number of fused-ring (bicyclic) bond motifs is 1. The third-order valence-electron chi connectivity index (χ3n) is 1.70. The van der Waals surface area contributed by atoms with Crippen LogP contribution in [0.25, 0.3) is 10.1 Å². The second-order valence-corrected chi connectivity index (χ2v) is 4.19. The van der Waals surface area contributed by atoms with Crippen LogP contribution in [0, 0.1) is 0 Å². The van der Waals surface area contributed by atoms with E-state index in [1.165, 1.54) is 0 Å². The highest BCUT2D eigenvalue weighted by atomic mass is 79.9. The molecule has 0 saturated heterocycles. The molecule has 1 heterocycles. The van der Waals surface area contributed by atoms with Crippen LogP contribution in [0.5, 0.6) is 0 Å². The van der Waals surface area contributed by atoms with Crippen LogP contribution in [-0.4, -0.2) is 6.29 Å². The second kappa shape index (κ2) is 2.99. The Balaban J connectivity index is 2.91. The molecule has 0 N–H and O–H groups in total. The number of hydrogen-bond donors (Lipinski definition) is 0. The Kier molecular flexibility index (Phi) is 1.98. The molecular weight excluding hydrogens is 236 g/mol. The monoisotopic (exact) mass is 240 g/mol. The SMILES string of the molecule is O=Cc1csc2cccc(Br)c12. The largest absolute Gasteiger partial charge is 0.298 e. The van der Waals surface area contributed by atoms with Crippen LogP contribution < -0.4 is 0 Å². The van der Waals surface area contributed by atoms with Crippen molar-refractivity contribution in [1.82, 2.24) is 0 Å². The molecule has 1 aromatic heterocycles. The fourth-order valence-electron chi connectivity index (χ4n) is 1.16. The third-order valence-corrected chi connectivity index (χ3v) is 3.33. The minimum atomic E-state index is 0.766. The summed E-state index contributed by atoms with van der Waals surface area (Å²) >= 11 is 5.01. The van der Waals surface area contributed by atoms with Crippen LogP contribution in [0.2, 0.25) is 0 Å². The normalized spacial score (nSPS) is 10.4. The van der Waals surface area contributed by atoms with Crippen LogP contribution in [0.15, 0.2) is 28.1 Å². The molecule has 0 aliphatic heterocycles. The quantitative estimate of drug-likeness (QED) is 0.698. The lowest BCUT2D eigenvalue weighted by Gasteiger charge is -1.93. The number of benzene rings is 1. The van der Waals surface area contributed by atoms with Crippen LogP contribution in [0.1, 0.15) is 10.4 Å². The molecule has 0 atom stereocenters. The zero-order chi connectivity index (χ0) is 8.55. The fraction of sp³-hybridized carbons (Fsp3) is 0. The zero-order valence-corrected chi connectivity index (χ0v) is 8.48. The third kappa shape index (κ3) is 1.09. The van der Waals surface area contributed by atoms with E-state index in [4.69, 9.17) is 0 Å². The predicted molar refractivity (Wildman–Crippen MR) is 54.9 cm³/mol. The van der Waals surface area contributed by atoms with Crippen LogP contribution in [-0.2, 0) is 0 Å². The molecule has 0 spiro atoms. The number of aldehydes is 1. The fourth-order valence-corrected chi connectivity index (χ4v) is 2.81. The van der Waals surface area contributed by atoms with Crippen LogP contribution in [0.3, 0.4) is 0 Å². The predicted octanol–water partition coefficient (Wildman–Crippen LogP) is 3.48. The van der Waals surface area contributed by atoms with Crippen molar-refractivity contribution in [1.29, 1.82) is 0 Å². The molecule has 1 aromatic carbocycles. The number of hydrogen-bond acceptors (Lipinski definition) is 2. The minimum Gasteiger partial charge on any atom is -0.298 e. The van der Waals surface area contributed by atoms with E-state index in [-0.39, 0.29) is 0 Å². The van der Waals surface area contributed by atoms with Crippen molar-refractivity contribution in [2.45, 2.75) is 0 Å². The first-order valence-electron chi connectivity index (χ1n) is 3.44. The number of halogens is 1. The van der Waals surface area contributed by atoms with E-state index >= 15 is 0 Å². The smallest absolute Gasteiger partial charge is 0.151 e. The second-order valence-electron chi connectivity index (χ2n) is 2.42. The summed E-state index contributed by atoms with van der Waals surface area (Å²) in [4.78, 5) is 10.6. The van der Waals surface area contributed by atoms with Gasteiger partial charge in [0.15, 0.2) is 6.29 Å². The van der Waals surface area contributed by atoms with Gasteiger partial charge in [-0.3, -0.25) is 4.79 Å². The highest BCUT2D eigenvalue weighted by Gasteiger charge is 2.05. The van der Waals surface area contributed by atoms with E-state index in [0.29, 0.717) is 0 Å². The Morgan fingerprint density at radius 3 is 3.00 bits per heavy atom. The number of carbonyl (C=O) groups is 1. The Bertz CT molecular complexity index is 433. The van der Waals surface area contributed by atoms with Gasteiger partial charge in [-0.15, -0.1) is 11.3 Å². The minimum absolute atomic E-state index is 0.766. The van der Waals surface area contributed by atoms with Gasteiger partial charge in [-0.25, -0.2) is 0 Å². The average molecular weight is 241 g/mol. The molecule has 0 aliphatic rings. The summed E-state index contributed by atoms with van der Waals surface area (Å²) in [5, 5.41) is 2.90. The van der Waals surface area contributed by atoms with Crippen LogP contribution in [0.4, 0.5) is 0 Å². The van der Waals surface area contributed by atoms with Crippen molar-refractivity contribution in [2.75, 3.05) is 0 Å². The molecule has 0 bridgehead atoms. The van der Waals surface area contributed by atoms with Gasteiger partial charge >= 0.3 is 0 Å². The van der Waals surface area contributed by atoms with E-state index in [9.17, 15) is 4.79 Å². The van der Waals surface area contributed by atoms with E-state index in [1.807, 2.05) is 23.6 Å². The van der Waals surface area contributed by atoms with Gasteiger partial charge in [0.1, 0.15) is 0 Å². The van der Waals surface area contributed by atoms with Crippen molar-refractivity contribution < 1.29 is 4.79 Å². The maximum absolute atomic E-state index is 10.6. The zero-order valence-electron chi connectivity index (χ0n) is 6.08. The first-order valence-corrected chi connectivity index (χ1v) is 5.11. The van der Waals surface area contributed by atoms with E-state index in [0.717, 1.165) is 26.4 Å². The molecule has 2 aromatic rings. The molecular formula is C9H5BrOS. The average Bonchev–Trinajstić information content (AvgIpc) is 2.49. The van der Waals surface area contributed by atoms with Gasteiger partial charge in [-0.05, 0) is 12.1 Å². The summed E-state index contributed by atoms with van der Waals surface area (Å²) in [6, 6.07) is 5.93. The summed E-state index contributed by atoms with van der Waals surface area (Å²) in [6.45, 7) is 0. The van der Waals surface area contributed by atoms with E-state index < -0.39 is 0 Å². The van der Waals surface area contributed by atoms with Gasteiger partial charge in [0.05, 0.1) is 0 Å². The summed E-state index contributed by atoms with van der Waals surface area (Å²) in [5.41, 5.74) is 0.766. The van der Waals surface area contributed by atoms with E-state index in [1.54, 1.807) is 11.3 Å². The molecule has 0 fully saturated rings. The topological polar surface area (TPSA) is 17.1 Å². The van der Waals surface area contributed by atoms with Crippen molar-refractivity contribution in [3.63, 3.8) is 0 Å². The summed E-state index contributed by atoms with van der Waals surface area (Å²) in [6.07, 6.45) is 0.892. The van der Waals surface area contributed by atoms with Gasteiger partial charge in [-0.2, -0.15) is 0 Å². The molecule has 3 heteroatoms. The maximum atomic E-state index is 10.6. The molecule has 0 unspecified atom stereocenters. The Morgan fingerprint density at radius 2 is 2.25 bits per heavy atom. The molecule has 60 valence electrons. The molecule has 1 nitrogen and oxygen atoms in total. The number of thiophene rings is 1. The highest BCUT2D eigenvalue weighted by Crippen LogP contribution is 2.30. The van der Waals surface area contributed by atoms with E-state index in [2.05, 4.69) is 15.9 Å². The van der Waals surface area contributed by atoms with Crippen molar-refractivity contribution in [3.05, 3.63) is 33.6 Å². The maximum Gasteiger partial charge on any atom is 0.151 e. The Morgan fingerprint density at radius 1 is 1.42 bits per heavy atom. The Labute approximate surface area is 82.1 Å². The van der Waals surface area contributed by atoms with Gasteiger partial charge in [-0.1, -0.05) is 22.0 Å². The van der Waals surface area contributed by atoms with Gasteiger partial charge in [0.25, 0.3) is 0 Å². The molecule has 0 radical (unpaired) electrons. The molecule has 12 heavy (non-hydrogen) atoms. The lowest BCUT2D eigenvalue weighted by molar-refractivity contribution is 0.112. The number of carbonyl (C=O) groups excluding carboxylic acids is 1. The van der Waals surface area contributed by atoms with Crippen molar-refractivity contribution >= 4 is 43.6 Å². The summed E-state index contributed by atoms with van der Waals surface area (Å²) < 4.78 is 2.13. The standard InChI is InChI=1S/C9H5BrOS/c10-7-2-1-3-8-9(7)6(4-11)5-12-8/h1-5H. The summed E-state index contributed by atoms with van der Waals surface area (Å²) in [5.74, 6) is 0. The molecule has 0 saturated carbocycles. The Hall–Kier alpha value is -0.670. The van der Waals surface area contributed by atoms with Gasteiger partial charge in [0.2, 0.25) is 0 Å².